The number of carbonyl (C=O) groups excluding carboxylic acids is 2. The van der Waals surface area contributed by atoms with Gasteiger partial charge in [0.25, 0.3) is 0 Å². The van der Waals surface area contributed by atoms with Crippen molar-refractivity contribution >= 4 is 18.9 Å². The molecule has 1 aliphatic heterocycles. The SMILES string of the molecule is CC(C)(C)OC(=O)CCC(=O)N1CC=C([B-](F)(F)F)CC1.[K+]. The van der Waals surface area contributed by atoms with E-state index in [1.165, 1.54) is 4.90 Å². The minimum absolute atomic E-state index is 0. The third-order valence-corrected chi connectivity index (χ3v) is 2.98. The fourth-order valence-electron chi connectivity index (χ4n) is 1.97. The molecule has 120 valence electrons. The zero-order valence-corrected chi connectivity index (χ0v) is 16.6. The van der Waals surface area contributed by atoms with Crippen LogP contribution in [0.4, 0.5) is 12.9 Å². The van der Waals surface area contributed by atoms with Crippen LogP contribution in [0.25, 0.3) is 0 Å². The second-order valence-corrected chi connectivity index (χ2v) is 6.03. The minimum Gasteiger partial charge on any atom is -0.460 e. The molecule has 0 bridgehead atoms. The normalized spacial score (nSPS) is 15.7. The van der Waals surface area contributed by atoms with E-state index in [1.807, 2.05) is 0 Å². The molecule has 0 radical (unpaired) electrons. The first-order valence-electron chi connectivity index (χ1n) is 6.87. The van der Waals surface area contributed by atoms with Crippen molar-refractivity contribution in [2.75, 3.05) is 13.1 Å². The summed E-state index contributed by atoms with van der Waals surface area (Å²) in [6, 6.07) is 0. The Morgan fingerprint density at radius 3 is 2.27 bits per heavy atom. The second-order valence-electron chi connectivity index (χ2n) is 6.03. The van der Waals surface area contributed by atoms with Gasteiger partial charge in [-0.2, -0.15) is 0 Å². The maximum Gasteiger partial charge on any atom is 1.00 e. The third-order valence-electron chi connectivity index (χ3n) is 2.98. The first-order valence-corrected chi connectivity index (χ1v) is 6.87. The van der Waals surface area contributed by atoms with Crippen LogP contribution in [0.1, 0.15) is 40.0 Å². The van der Waals surface area contributed by atoms with E-state index >= 15 is 0 Å². The summed E-state index contributed by atoms with van der Waals surface area (Å²) in [6.45, 7) is 0.203. The average Bonchev–Trinajstić information content (AvgIpc) is 2.33. The number of hydrogen-bond donors (Lipinski definition) is 0. The molecule has 9 heteroatoms. The van der Waals surface area contributed by atoms with Crippen LogP contribution >= 0.6 is 0 Å². The van der Waals surface area contributed by atoms with Gasteiger partial charge in [-0.15, -0.1) is 5.47 Å². The molecule has 0 saturated carbocycles. The van der Waals surface area contributed by atoms with E-state index in [-0.39, 0.29) is 89.6 Å². The zero-order chi connectivity index (χ0) is 16.3. The molecule has 0 aliphatic carbocycles. The molecule has 1 rings (SSSR count). The first-order chi connectivity index (χ1) is 9.49. The molecule has 0 saturated heterocycles. The largest absolute Gasteiger partial charge is 1.00 e. The summed E-state index contributed by atoms with van der Waals surface area (Å²) in [4.78, 5) is 24.6. The molecule has 0 unspecified atom stereocenters. The van der Waals surface area contributed by atoms with Gasteiger partial charge in [-0.1, -0.05) is 6.08 Å². The van der Waals surface area contributed by atoms with Gasteiger partial charge in [-0.05, 0) is 27.2 Å². The molecule has 0 spiro atoms. The van der Waals surface area contributed by atoms with Gasteiger partial charge in [-0.25, -0.2) is 0 Å². The number of nitrogens with zero attached hydrogens (tertiary/aromatic N) is 1. The van der Waals surface area contributed by atoms with Crippen molar-refractivity contribution in [3.8, 4) is 0 Å². The predicted octanol–water partition coefficient (Wildman–Crippen LogP) is -0.342. The summed E-state index contributed by atoms with van der Waals surface area (Å²) >= 11 is 0. The van der Waals surface area contributed by atoms with Crippen LogP contribution in [-0.2, 0) is 14.3 Å². The van der Waals surface area contributed by atoms with Gasteiger partial charge >= 0.3 is 64.3 Å². The van der Waals surface area contributed by atoms with Crippen molar-refractivity contribution in [2.24, 2.45) is 0 Å². The summed E-state index contributed by atoms with van der Waals surface area (Å²) in [6.07, 6.45) is 0.762. The number of rotatable bonds is 4. The molecule has 0 fully saturated rings. The van der Waals surface area contributed by atoms with E-state index in [2.05, 4.69) is 0 Å². The molecule has 4 nitrogen and oxygen atoms in total. The average molecular weight is 345 g/mol. The van der Waals surface area contributed by atoms with Gasteiger partial charge in [0.1, 0.15) is 5.60 Å². The Morgan fingerprint density at radius 1 is 1.27 bits per heavy atom. The van der Waals surface area contributed by atoms with Crippen molar-refractivity contribution in [1.29, 1.82) is 0 Å². The Morgan fingerprint density at radius 2 is 1.86 bits per heavy atom. The summed E-state index contributed by atoms with van der Waals surface area (Å²) in [5.74, 6) is -0.812. The quantitative estimate of drug-likeness (QED) is 0.517. The second kappa shape index (κ2) is 8.87. The van der Waals surface area contributed by atoms with E-state index in [9.17, 15) is 22.5 Å². The molecule has 22 heavy (non-hydrogen) atoms. The number of ether oxygens (including phenoxy) is 1. The van der Waals surface area contributed by atoms with Crippen molar-refractivity contribution in [2.45, 2.75) is 45.6 Å². The van der Waals surface area contributed by atoms with Crippen molar-refractivity contribution in [1.82, 2.24) is 4.90 Å². The van der Waals surface area contributed by atoms with Gasteiger partial charge in [-0.3, -0.25) is 9.59 Å². The van der Waals surface area contributed by atoms with E-state index in [4.69, 9.17) is 4.74 Å². The maximum atomic E-state index is 12.5. The minimum atomic E-state index is -4.96. The third kappa shape index (κ3) is 8.14. The molecule has 0 N–H and O–H groups in total. The summed E-state index contributed by atoms with van der Waals surface area (Å²) < 4.78 is 42.6. The fourth-order valence-corrected chi connectivity index (χ4v) is 1.97. The molecule has 1 aliphatic rings. The van der Waals surface area contributed by atoms with Gasteiger partial charge in [0.05, 0.1) is 6.42 Å². The Hall–Kier alpha value is 0.171. The molecule has 0 aromatic carbocycles. The number of halogens is 3. The van der Waals surface area contributed by atoms with Gasteiger partial charge < -0.3 is 22.6 Å². The van der Waals surface area contributed by atoms with Crippen LogP contribution in [0.2, 0.25) is 0 Å². The number of esters is 1. The topological polar surface area (TPSA) is 46.6 Å². The summed E-state index contributed by atoms with van der Waals surface area (Å²) in [5.41, 5.74) is -1.15. The van der Waals surface area contributed by atoms with Crippen LogP contribution < -0.4 is 51.4 Å². The summed E-state index contributed by atoms with van der Waals surface area (Å²) in [5, 5.41) is 0. The molecule has 0 aromatic rings. The Kier molecular flexibility index (Phi) is 8.93. The Labute approximate surface area is 171 Å². The molecule has 0 aromatic heterocycles. The Balaban J connectivity index is 0.00000441. The number of hydrogen-bond acceptors (Lipinski definition) is 3. The molecular formula is C13H20BF3KNO3. The van der Waals surface area contributed by atoms with Crippen LogP contribution in [0.15, 0.2) is 11.5 Å². The monoisotopic (exact) mass is 345 g/mol. The van der Waals surface area contributed by atoms with E-state index < -0.39 is 24.0 Å². The van der Waals surface area contributed by atoms with Gasteiger partial charge in [0, 0.05) is 19.5 Å². The molecule has 0 atom stereocenters. The first kappa shape index (κ1) is 22.2. The predicted molar refractivity (Wildman–Crippen MR) is 73.4 cm³/mol. The van der Waals surface area contributed by atoms with Crippen LogP contribution in [0.3, 0.4) is 0 Å². The fraction of sp³-hybridized carbons (Fsp3) is 0.692. The standard InChI is InChI=1S/C13H20BF3NO3.K/c1-13(2,3)21-12(20)5-4-11(19)18-8-6-10(7-9-18)14(15,16)17;/h6H,4-5,7-9H2,1-3H3;/q-1;+1. The maximum absolute atomic E-state index is 12.5. The zero-order valence-electron chi connectivity index (χ0n) is 13.5. The molecule has 1 heterocycles. The smallest absolute Gasteiger partial charge is 0.460 e. The molecule has 1 amide bonds. The van der Waals surface area contributed by atoms with Crippen LogP contribution in [0.5, 0.6) is 0 Å². The van der Waals surface area contributed by atoms with Crippen molar-refractivity contribution in [3.63, 3.8) is 0 Å². The van der Waals surface area contributed by atoms with E-state index in [1.54, 1.807) is 20.8 Å². The van der Waals surface area contributed by atoms with Gasteiger partial charge in [0.2, 0.25) is 5.91 Å². The number of carbonyl (C=O) groups is 2. The van der Waals surface area contributed by atoms with E-state index in [0.29, 0.717) is 0 Å². The molecular weight excluding hydrogens is 325 g/mol. The number of amides is 1. The van der Waals surface area contributed by atoms with Gasteiger partial charge in [0.15, 0.2) is 0 Å². The van der Waals surface area contributed by atoms with Crippen molar-refractivity contribution < 1.29 is 78.7 Å². The van der Waals surface area contributed by atoms with Crippen molar-refractivity contribution in [3.05, 3.63) is 11.5 Å². The van der Waals surface area contributed by atoms with Crippen LogP contribution in [0, 0.1) is 0 Å². The van der Waals surface area contributed by atoms with E-state index in [0.717, 1.165) is 6.08 Å². The summed E-state index contributed by atoms with van der Waals surface area (Å²) in [7, 11) is 0. The Bertz CT molecular complexity index is 447. The van der Waals surface area contributed by atoms with Crippen LogP contribution in [-0.4, -0.2) is 42.4 Å².